The zero-order valence-electron chi connectivity index (χ0n) is 8.25. The van der Waals surface area contributed by atoms with Crippen molar-refractivity contribution in [1.29, 1.82) is 0 Å². The van der Waals surface area contributed by atoms with E-state index in [-0.39, 0.29) is 6.04 Å². The van der Waals surface area contributed by atoms with Crippen molar-refractivity contribution in [2.75, 3.05) is 0 Å². The van der Waals surface area contributed by atoms with E-state index in [9.17, 15) is 0 Å². The third kappa shape index (κ3) is 2.10. The number of halogens is 1. The Hall–Kier alpha value is -0.530. The third-order valence-corrected chi connectivity index (χ3v) is 3.41. The molecule has 1 saturated carbocycles. The van der Waals surface area contributed by atoms with E-state index in [1.165, 1.54) is 31.2 Å². The van der Waals surface area contributed by atoms with Gasteiger partial charge in [-0.05, 0) is 36.5 Å². The van der Waals surface area contributed by atoms with E-state index in [1.807, 2.05) is 24.3 Å². The predicted molar refractivity (Wildman–Crippen MR) is 60.3 cm³/mol. The van der Waals surface area contributed by atoms with E-state index in [0.717, 1.165) is 5.02 Å². The van der Waals surface area contributed by atoms with Crippen molar-refractivity contribution in [2.24, 2.45) is 11.7 Å². The highest BCUT2D eigenvalue weighted by molar-refractivity contribution is 6.30. The molecule has 2 heteroatoms. The Morgan fingerprint density at radius 2 is 1.71 bits per heavy atom. The SMILES string of the molecule is N[C@H](c1ccc(Cl)cc1)C1CCCC1. The molecule has 1 aromatic carbocycles. The van der Waals surface area contributed by atoms with Gasteiger partial charge in [-0.3, -0.25) is 0 Å². The van der Waals surface area contributed by atoms with Crippen molar-refractivity contribution >= 4 is 11.6 Å². The topological polar surface area (TPSA) is 26.0 Å². The molecular weight excluding hydrogens is 194 g/mol. The second-order valence-corrected chi connectivity index (χ2v) is 4.56. The summed E-state index contributed by atoms with van der Waals surface area (Å²) in [6.07, 6.45) is 5.24. The van der Waals surface area contributed by atoms with Gasteiger partial charge < -0.3 is 5.73 Å². The van der Waals surface area contributed by atoms with Gasteiger partial charge in [0.15, 0.2) is 0 Å². The molecule has 0 spiro atoms. The van der Waals surface area contributed by atoms with Gasteiger partial charge in [-0.25, -0.2) is 0 Å². The summed E-state index contributed by atoms with van der Waals surface area (Å²) < 4.78 is 0. The van der Waals surface area contributed by atoms with Crippen LogP contribution in [0.5, 0.6) is 0 Å². The van der Waals surface area contributed by atoms with Crippen LogP contribution in [0.25, 0.3) is 0 Å². The maximum absolute atomic E-state index is 6.21. The smallest absolute Gasteiger partial charge is 0.0406 e. The maximum atomic E-state index is 6.21. The number of benzene rings is 1. The summed E-state index contributed by atoms with van der Waals surface area (Å²) in [5.74, 6) is 0.677. The first kappa shape index (κ1) is 10.0. The van der Waals surface area contributed by atoms with Gasteiger partial charge in [0.25, 0.3) is 0 Å². The molecule has 0 amide bonds. The summed E-state index contributed by atoms with van der Waals surface area (Å²) in [7, 11) is 0. The highest BCUT2D eigenvalue weighted by Gasteiger charge is 2.22. The summed E-state index contributed by atoms with van der Waals surface area (Å²) in [5, 5.41) is 0.785. The number of hydrogen-bond acceptors (Lipinski definition) is 1. The first-order chi connectivity index (χ1) is 6.77. The standard InChI is InChI=1S/C12H16ClN/c13-11-7-5-10(6-8-11)12(14)9-3-1-2-4-9/h5-9,12H,1-4,14H2/t12-/m0/s1. The van der Waals surface area contributed by atoms with Crippen LogP contribution in [-0.4, -0.2) is 0 Å². The van der Waals surface area contributed by atoms with Crippen LogP contribution in [0.4, 0.5) is 0 Å². The van der Waals surface area contributed by atoms with Crippen LogP contribution in [0.1, 0.15) is 37.3 Å². The maximum Gasteiger partial charge on any atom is 0.0406 e. The number of hydrogen-bond donors (Lipinski definition) is 1. The average Bonchev–Trinajstić information content (AvgIpc) is 2.71. The minimum Gasteiger partial charge on any atom is -0.324 e. The van der Waals surface area contributed by atoms with Crippen LogP contribution in [0.3, 0.4) is 0 Å². The molecule has 0 unspecified atom stereocenters. The summed E-state index contributed by atoms with van der Waals surface area (Å²) in [6.45, 7) is 0. The summed E-state index contributed by atoms with van der Waals surface area (Å²) in [6, 6.07) is 8.14. The minimum absolute atomic E-state index is 0.203. The molecule has 0 saturated heterocycles. The van der Waals surface area contributed by atoms with Crippen molar-refractivity contribution in [1.82, 2.24) is 0 Å². The van der Waals surface area contributed by atoms with Gasteiger partial charge in [-0.15, -0.1) is 0 Å². The largest absolute Gasteiger partial charge is 0.324 e. The molecule has 2 N–H and O–H groups in total. The first-order valence-corrected chi connectivity index (χ1v) is 5.66. The van der Waals surface area contributed by atoms with E-state index in [4.69, 9.17) is 17.3 Å². The Morgan fingerprint density at radius 1 is 1.14 bits per heavy atom. The van der Waals surface area contributed by atoms with E-state index in [1.54, 1.807) is 0 Å². The molecule has 14 heavy (non-hydrogen) atoms. The normalized spacial score (nSPS) is 19.9. The van der Waals surface area contributed by atoms with E-state index < -0.39 is 0 Å². The molecule has 2 rings (SSSR count). The fourth-order valence-electron chi connectivity index (χ4n) is 2.27. The molecule has 1 aliphatic rings. The molecule has 0 aromatic heterocycles. The third-order valence-electron chi connectivity index (χ3n) is 3.16. The lowest BCUT2D eigenvalue weighted by Gasteiger charge is -2.19. The molecule has 0 radical (unpaired) electrons. The lowest BCUT2D eigenvalue weighted by atomic mass is 9.93. The molecule has 1 aliphatic carbocycles. The van der Waals surface area contributed by atoms with Gasteiger partial charge in [-0.2, -0.15) is 0 Å². The van der Waals surface area contributed by atoms with Crippen molar-refractivity contribution in [3.8, 4) is 0 Å². The highest BCUT2D eigenvalue weighted by atomic mass is 35.5. The first-order valence-electron chi connectivity index (χ1n) is 5.28. The van der Waals surface area contributed by atoms with Crippen molar-refractivity contribution in [2.45, 2.75) is 31.7 Å². The monoisotopic (exact) mass is 209 g/mol. The van der Waals surface area contributed by atoms with Gasteiger partial charge in [0.05, 0.1) is 0 Å². The van der Waals surface area contributed by atoms with Crippen LogP contribution in [-0.2, 0) is 0 Å². The molecule has 0 aliphatic heterocycles. The van der Waals surface area contributed by atoms with Crippen LogP contribution < -0.4 is 5.73 Å². The van der Waals surface area contributed by atoms with Gasteiger partial charge in [0.1, 0.15) is 0 Å². The van der Waals surface area contributed by atoms with Crippen molar-refractivity contribution < 1.29 is 0 Å². The fourth-order valence-corrected chi connectivity index (χ4v) is 2.40. The zero-order chi connectivity index (χ0) is 9.97. The molecule has 1 aromatic rings. The van der Waals surface area contributed by atoms with Gasteiger partial charge in [0.2, 0.25) is 0 Å². The zero-order valence-corrected chi connectivity index (χ0v) is 9.00. The molecule has 0 heterocycles. The molecule has 1 atom stereocenters. The molecule has 1 nitrogen and oxygen atoms in total. The van der Waals surface area contributed by atoms with Gasteiger partial charge in [0, 0.05) is 11.1 Å². The Kier molecular flexibility index (Phi) is 3.09. The summed E-state index contributed by atoms with van der Waals surface area (Å²) in [5.41, 5.74) is 7.43. The fraction of sp³-hybridized carbons (Fsp3) is 0.500. The van der Waals surface area contributed by atoms with Crippen molar-refractivity contribution in [3.63, 3.8) is 0 Å². The Labute approximate surface area is 90.3 Å². The van der Waals surface area contributed by atoms with Crippen LogP contribution in [0, 0.1) is 5.92 Å². The molecular formula is C12H16ClN. The van der Waals surface area contributed by atoms with Crippen LogP contribution in [0.15, 0.2) is 24.3 Å². The molecule has 76 valence electrons. The van der Waals surface area contributed by atoms with E-state index >= 15 is 0 Å². The quantitative estimate of drug-likeness (QED) is 0.793. The predicted octanol–water partition coefficient (Wildman–Crippen LogP) is 3.53. The minimum atomic E-state index is 0.203. The average molecular weight is 210 g/mol. The Balaban J connectivity index is 2.09. The van der Waals surface area contributed by atoms with Crippen LogP contribution in [0.2, 0.25) is 5.02 Å². The summed E-state index contributed by atoms with van der Waals surface area (Å²) in [4.78, 5) is 0. The van der Waals surface area contributed by atoms with Gasteiger partial charge in [-0.1, -0.05) is 36.6 Å². The Bertz CT molecular complexity index is 288. The Morgan fingerprint density at radius 3 is 2.29 bits per heavy atom. The second kappa shape index (κ2) is 4.33. The van der Waals surface area contributed by atoms with Crippen molar-refractivity contribution in [3.05, 3.63) is 34.9 Å². The van der Waals surface area contributed by atoms with Crippen LogP contribution >= 0.6 is 11.6 Å². The molecule has 1 fully saturated rings. The lowest BCUT2D eigenvalue weighted by Crippen LogP contribution is -2.18. The van der Waals surface area contributed by atoms with E-state index in [0.29, 0.717) is 5.92 Å². The number of nitrogens with two attached hydrogens (primary N) is 1. The second-order valence-electron chi connectivity index (χ2n) is 4.12. The highest BCUT2D eigenvalue weighted by Crippen LogP contribution is 2.34. The summed E-state index contributed by atoms with van der Waals surface area (Å²) >= 11 is 5.84. The van der Waals surface area contributed by atoms with E-state index in [2.05, 4.69) is 0 Å². The lowest BCUT2D eigenvalue weighted by molar-refractivity contribution is 0.445. The number of rotatable bonds is 2. The molecule has 0 bridgehead atoms. The van der Waals surface area contributed by atoms with Gasteiger partial charge >= 0.3 is 0 Å².